The minimum absolute atomic E-state index is 0.480. The summed E-state index contributed by atoms with van der Waals surface area (Å²) in [6.45, 7) is 14.9. The molecule has 2 saturated heterocycles. The fourth-order valence-corrected chi connectivity index (χ4v) is 5.10. The first-order valence-corrected chi connectivity index (χ1v) is 9.30. The Morgan fingerprint density at radius 3 is 2.76 bits per heavy atom. The van der Waals surface area contributed by atoms with Crippen LogP contribution in [0.25, 0.3) is 0 Å². The van der Waals surface area contributed by atoms with Gasteiger partial charge in [0.25, 0.3) is 0 Å². The van der Waals surface area contributed by atoms with Gasteiger partial charge in [-0.05, 0) is 50.1 Å². The molecule has 0 aromatic heterocycles. The number of hydrogen-bond acceptors (Lipinski definition) is 3. The van der Waals surface area contributed by atoms with Crippen LogP contribution < -0.4 is 5.32 Å². The molecule has 0 aromatic carbocycles. The minimum Gasteiger partial charge on any atom is -0.313 e. The predicted molar refractivity (Wildman–Crippen MR) is 89.6 cm³/mol. The van der Waals surface area contributed by atoms with Crippen LogP contribution >= 0.6 is 0 Å². The molecule has 2 aliphatic heterocycles. The standard InChI is InChI=1S/C18H35N3/c1-4-19-17-15(8-9-18(17,2)3)13-20-11-12-21-10-6-5-7-16(21)14-20/h15-17,19H,4-14H2,1-3H3. The van der Waals surface area contributed by atoms with E-state index in [0.29, 0.717) is 11.5 Å². The lowest BCUT2D eigenvalue weighted by atomic mass is 9.84. The summed E-state index contributed by atoms with van der Waals surface area (Å²) in [7, 11) is 0. The molecule has 3 nitrogen and oxygen atoms in total. The van der Waals surface area contributed by atoms with Gasteiger partial charge in [-0.2, -0.15) is 0 Å². The van der Waals surface area contributed by atoms with E-state index in [2.05, 4.69) is 35.9 Å². The lowest BCUT2D eigenvalue weighted by molar-refractivity contribution is 0.0384. The van der Waals surface area contributed by atoms with Gasteiger partial charge in [0.15, 0.2) is 0 Å². The summed E-state index contributed by atoms with van der Waals surface area (Å²) < 4.78 is 0. The lowest BCUT2D eigenvalue weighted by Gasteiger charge is -2.45. The molecule has 0 aromatic rings. The summed E-state index contributed by atoms with van der Waals surface area (Å²) in [5.74, 6) is 0.857. The highest BCUT2D eigenvalue weighted by molar-refractivity contribution is 4.98. The van der Waals surface area contributed by atoms with Gasteiger partial charge in [0.1, 0.15) is 0 Å². The number of piperidine rings is 1. The monoisotopic (exact) mass is 293 g/mol. The SMILES string of the molecule is CCNC1C(CN2CCN3CCCCC3C2)CCC1(C)C. The number of hydrogen-bond donors (Lipinski definition) is 1. The van der Waals surface area contributed by atoms with E-state index in [4.69, 9.17) is 0 Å². The van der Waals surface area contributed by atoms with Crippen molar-refractivity contribution >= 4 is 0 Å². The first-order valence-electron chi connectivity index (χ1n) is 9.30. The third kappa shape index (κ3) is 3.46. The summed E-state index contributed by atoms with van der Waals surface area (Å²) in [6, 6.07) is 1.58. The van der Waals surface area contributed by atoms with Crippen molar-refractivity contribution < 1.29 is 0 Å². The highest BCUT2D eigenvalue weighted by atomic mass is 15.3. The van der Waals surface area contributed by atoms with Crippen molar-refractivity contribution in [2.75, 3.05) is 39.3 Å². The Morgan fingerprint density at radius 1 is 1.10 bits per heavy atom. The number of piperazine rings is 1. The summed E-state index contributed by atoms with van der Waals surface area (Å²) in [5.41, 5.74) is 0.480. The van der Waals surface area contributed by atoms with E-state index in [-0.39, 0.29) is 0 Å². The normalized spacial score (nSPS) is 37.6. The highest BCUT2D eigenvalue weighted by Gasteiger charge is 2.42. The Hall–Kier alpha value is -0.120. The van der Waals surface area contributed by atoms with Gasteiger partial charge in [0.2, 0.25) is 0 Å². The van der Waals surface area contributed by atoms with Crippen molar-refractivity contribution in [3.63, 3.8) is 0 Å². The maximum Gasteiger partial charge on any atom is 0.0223 e. The zero-order valence-corrected chi connectivity index (χ0v) is 14.4. The van der Waals surface area contributed by atoms with Gasteiger partial charge in [-0.25, -0.2) is 0 Å². The van der Waals surface area contributed by atoms with E-state index >= 15 is 0 Å². The second kappa shape index (κ2) is 6.55. The molecule has 3 aliphatic rings. The second-order valence-electron chi connectivity index (χ2n) is 8.27. The van der Waals surface area contributed by atoms with Crippen LogP contribution in [0.15, 0.2) is 0 Å². The Kier molecular flexibility index (Phi) is 4.92. The van der Waals surface area contributed by atoms with Crippen molar-refractivity contribution in [2.24, 2.45) is 11.3 Å². The van der Waals surface area contributed by atoms with Gasteiger partial charge in [-0.1, -0.05) is 27.2 Å². The molecule has 3 unspecified atom stereocenters. The molecule has 3 heteroatoms. The van der Waals surface area contributed by atoms with E-state index in [1.165, 1.54) is 64.8 Å². The van der Waals surface area contributed by atoms with Gasteiger partial charge in [0.05, 0.1) is 0 Å². The van der Waals surface area contributed by atoms with Crippen LogP contribution in [0.4, 0.5) is 0 Å². The average Bonchev–Trinajstić information content (AvgIpc) is 2.75. The largest absolute Gasteiger partial charge is 0.313 e. The summed E-state index contributed by atoms with van der Waals surface area (Å²) >= 11 is 0. The van der Waals surface area contributed by atoms with Crippen LogP contribution in [0.5, 0.6) is 0 Å². The molecule has 0 spiro atoms. The molecule has 3 atom stereocenters. The molecule has 1 aliphatic carbocycles. The average molecular weight is 293 g/mol. The topological polar surface area (TPSA) is 18.5 Å². The van der Waals surface area contributed by atoms with Crippen molar-refractivity contribution in [1.29, 1.82) is 0 Å². The third-order valence-electron chi connectivity index (χ3n) is 6.31. The Bertz CT molecular complexity index is 341. The first kappa shape index (κ1) is 15.8. The van der Waals surface area contributed by atoms with E-state index < -0.39 is 0 Å². The van der Waals surface area contributed by atoms with Crippen LogP contribution in [0.3, 0.4) is 0 Å². The van der Waals surface area contributed by atoms with Crippen molar-refractivity contribution in [3.8, 4) is 0 Å². The second-order valence-corrected chi connectivity index (χ2v) is 8.27. The van der Waals surface area contributed by atoms with E-state index in [0.717, 1.165) is 18.5 Å². The van der Waals surface area contributed by atoms with Crippen molar-refractivity contribution in [1.82, 2.24) is 15.1 Å². The molecule has 1 N–H and O–H groups in total. The predicted octanol–water partition coefficient (Wildman–Crippen LogP) is 2.57. The number of fused-ring (bicyclic) bond motifs is 1. The van der Waals surface area contributed by atoms with E-state index in [1.807, 2.05) is 0 Å². The van der Waals surface area contributed by atoms with Crippen LogP contribution in [0.1, 0.15) is 52.9 Å². The number of rotatable bonds is 4. The molecule has 0 radical (unpaired) electrons. The zero-order chi connectivity index (χ0) is 14.9. The molecule has 0 bridgehead atoms. The van der Waals surface area contributed by atoms with Crippen LogP contribution in [0, 0.1) is 11.3 Å². The molecular weight excluding hydrogens is 258 g/mol. The van der Waals surface area contributed by atoms with Gasteiger partial charge >= 0.3 is 0 Å². The van der Waals surface area contributed by atoms with Gasteiger partial charge in [-0.15, -0.1) is 0 Å². The maximum absolute atomic E-state index is 3.79. The minimum atomic E-state index is 0.480. The summed E-state index contributed by atoms with van der Waals surface area (Å²) in [6.07, 6.45) is 7.11. The molecule has 3 fully saturated rings. The van der Waals surface area contributed by atoms with Crippen molar-refractivity contribution in [3.05, 3.63) is 0 Å². The molecular formula is C18H35N3. The quantitative estimate of drug-likeness (QED) is 0.859. The molecule has 1 saturated carbocycles. The fourth-order valence-electron chi connectivity index (χ4n) is 5.10. The number of nitrogens with one attached hydrogen (secondary N) is 1. The Labute approximate surface area is 131 Å². The van der Waals surface area contributed by atoms with Gasteiger partial charge in [-0.3, -0.25) is 4.90 Å². The lowest BCUT2D eigenvalue weighted by Crippen LogP contribution is -2.56. The van der Waals surface area contributed by atoms with E-state index in [1.54, 1.807) is 0 Å². The highest BCUT2D eigenvalue weighted by Crippen LogP contribution is 2.41. The van der Waals surface area contributed by atoms with Gasteiger partial charge in [0, 0.05) is 38.3 Å². The van der Waals surface area contributed by atoms with Crippen LogP contribution in [-0.2, 0) is 0 Å². The molecule has 3 rings (SSSR count). The van der Waals surface area contributed by atoms with Crippen LogP contribution in [-0.4, -0.2) is 61.2 Å². The Morgan fingerprint density at radius 2 is 1.95 bits per heavy atom. The van der Waals surface area contributed by atoms with E-state index in [9.17, 15) is 0 Å². The smallest absolute Gasteiger partial charge is 0.0223 e. The summed E-state index contributed by atoms with van der Waals surface area (Å²) in [5, 5.41) is 3.79. The number of nitrogens with zero attached hydrogens (tertiary/aromatic N) is 2. The van der Waals surface area contributed by atoms with Crippen molar-refractivity contribution in [2.45, 2.75) is 65.0 Å². The molecule has 2 heterocycles. The van der Waals surface area contributed by atoms with Crippen LogP contribution in [0.2, 0.25) is 0 Å². The zero-order valence-electron chi connectivity index (χ0n) is 14.4. The molecule has 0 amide bonds. The Balaban J connectivity index is 1.56. The maximum atomic E-state index is 3.79. The van der Waals surface area contributed by atoms with Gasteiger partial charge < -0.3 is 10.2 Å². The first-order chi connectivity index (χ1) is 10.1. The molecule has 21 heavy (non-hydrogen) atoms. The summed E-state index contributed by atoms with van der Waals surface area (Å²) in [4.78, 5) is 5.53. The molecule has 122 valence electrons. The fraction of sp³-hybridized carbons (Fsp3) is 1.00. The third-order valence-corrected chi connectivity index (χ3v) is 6.31.